The normalized spacial score (nSPS) is 17.3. The van der Waals surface area contributed by atoms with E-state index in [0.29, 0.717) is 0 Å². The molecule has 0 amide bonds. The fourth-order valence-corrected chi connectivity index (χ4v) is 1.24. The second-order valence-corrected chi connectivity index (χ2v) is 2.37. The van der Waals surface area contributed by atoms with E-state index in [1.807, 2.05) is 0 Å². The Hall–Kier alpha value is -0.760. The third kappa shape index (κ3) is 0.754. The molecule has 0 saturated carbocycles. The van der Waals surface area contributed by atoms with Crippen molar-refractivity contribution in [3.8, 4) is 0 Å². The average molecular weight is 122 g/mol. The molecule has 0 aliphatic carbocycles. The highest BCUT2D eigenvalue weighted by Gasteiger charge is 2.03. The molecule has 0 spiro atoms. The first-order chi connectivity index (χ1) is 4.47. The smallest absolute Gasteiger partial charge is 0.0360 e. The van der Waals surface area contributed by atoms with Gasteiger partial charge in [0, 0.05) is 31.5 Å². The predicted octanol–water partition coefficient (Wildman–Crippen LogP) is 0.591. The van der Waals surface area contributed by atoms with Crippen LogP contribution in [-0.2, 0) is 13.1 Å². The van der Waals surface area contributed by atoms with Crippen LogP contribution in [0.3, 0.4) is 0 Å². The van der Waals surface area contributed by atoms with E-state index >= 15 is 0 Å². The molecule has 0 bridgehead atoms. The molecule has 0 unspecified atom stereocenters. The Morgan fingerprint density at radius 1 is 1.56 bits per heavy atom. The van der Waals surface area contributed by atoms with Gasteiger partial charge >= 0.3 is 0 Å². The SMILES string of the molecule is c1cc2n(c1)CCNC2. The number of aromatic nitrogens is 1. The summed E-state index contributed by atoms with van der Waals surface area (Å²) in [6.45, 7) is 3.27. The third-order valence-corrected chi connectivity index (χ3v) is 1.76. The lowest BCUT2D eigenvalue weighted by Crippen LogP contribution is -2.27. The summed E-state index contributed by atoms with van der Waals surface area (Å²) in [5, 5.41) is 3.31. The highest BCUT2D eigenvalue weighted by molar-refractivity contribution is 5.08. The van der Waals surface area contributed by atoms with Gasteiger partial charge in [0.05, 0.1) is 0 Å². The van der Waals surface area contributed by atoms with Gasteiger partial charge in [0.1, 0.15) is 0 Å². The number of nitrogens with zero attached hydrogens (tertiary/aromatic N) is 1. The van der Waals surface area contributed by atoms with Gasteiger partial charge in [-0.25, -0.2) is 0 Å². The molecule has 1 aliphatic rings. The minimum absolute atomic E-state index is 1.03. The minimum atomic E-state index is 1.03. The molecular formula is C7H10N2. The Kier molecular flexibility index (Phi) is 1.06. The van der Waals surface area contributed by atoms with Crippen molar-refractivity contribution in [1.82, 2.24) is 9.88 Å². The largest absolute Gasteiger partial charge is 0.349 e. The van der Waals surface area contributed by atoms with E-state index in [1.54, 1.807) is 0 Å². The van der Waals surface area contributed by atoms with E-state index < -0.39 is 0 Å². The van der Waals surface area contributed by atoms with Crippen LogP contribution >= 0.6 is 0 Å². The molecule has 2 heterocycles. The summed E-state index contributed by atoms with van der Waals surface area (Å²) in [4.78, 5) is 0. The maximum atomic E-state index is 3.31. The van der Waals surface area contributed by atoms with E-state index in [2.05, 4.69) is 28.2 Å². The van der Waals surface area contributed by atoms with Gasteiger partial charge in [-0.15, -0.1) is 0 Å². The Labute approximate surface area is 54.5 Å². The Bertz CT molecular complexity index is 182. The predicted molar refractivity (Wildman–Crippen MR) is 36.1 cm³/mol. The van der Waals surface area contributed by atoms with Gasteiger partial charge in [-0.1, -0.05) is 0 Å². The zero-order valence-corrected chi connectivity index (χ0v) is 5.30. The molecule has 1 aliphatic heterocycles. The molecule has 0 fully saturated rings. The Morgan fingerprint density at radius 3 is 3.44 bits per heavy atom. The van der Waals surface area contributed by atoms with Crippen molar-refractivity contribution in [1.29, 1.82) is 0 Å². The molecule has 2 heteroatoms. The first-order valence-corrected chi connectivity index (χ1v) is 3.31. The van der Waals surface area contributed by atoms with E-state index in [0.717, 1.165) is 19.6 Å². The lowest BCUT2D eigenvalue weighted by atomic mass is 10.3. The first kappa shape index (κ1) is 5.06. The van der Waals surface area contributed by atoms with Crippen molar-refractivity contribution in [3.63, 3.8) is 0 Å². The van der Waals surface area contributed by atoms with Crippen LogP contribution in [0.4, 0.5) is 0 Å². The van der Waals surface area contributed by atoms with Gasteiger partial charge < -0.3 is 9.88 Å². The van der Waals surface area contributed by atoms with Crippen molar-refractivity contribution < 1.29 is 0 Å². The van der Waals surface area contributed by atoms with E-state index in [1.165, 1.54) is 5.69 Å². The lowest BCUT2D eigenvalue weighted by Gasteiger charge is -2.15. The van der Waals surface area contributed by atoms with Crippen LogP contribution in [0.5, 0.6) is 0 Å². The summed E-state index contributed by atoms with van der Waals surface area (Å²) in [5.74, 6) is 0. The molecule has 0 atom stereocenters. The molecule has 0 radical (unpaired) electrons. The molecule has 1 aromatic rings. The molecule has 48 valence electrons. The van der Waals surface area contributed by atoms with Gasteiger partial charge in [0.15, 0.2) is 0 Å². The number of hydrogen-bond acceptors (Lipinski definition) is 1. The summed E-state index contributed by atoms with van der Waals surface area (Å²) in [7, 11) is 0. The van der Waals surface area contributed by atoms with E-state index in [4.69, 9.17) is 0 Å². The van der Waals surface area contributed by atoms with Crippen LogP contribution < -0.4 is 5.32 Å². The molecule has 1 aromatic heterocycles. The molecule has 9 heavy (non-hydrogen) atoms. The highest BCUT2D eigenvalue weighted by atomic mass is 15.1. The quantitative estimate of drug-likeness (QED) is 0.533. The molecular weight excluding hydrogens is 112 g/mol. The molecule has 0 aromatic carbocycles. The van der Waals surface area contributed by atoms with Crippen LogP contribution in [0.1, 0.15) is 5.69 Å². The van der Waals surface area contributed by atoms with Crippen molar-refractivity contribution in [2.24, 2.45) is 0 Å². The number of hydrogen-bond donors (Lipinski definition) is 1. The van der Waals surface area contributed by atoms with E-state index in [9.17, 15) is 0 Å². The zero-order valence-electron chi connectivity index (χ0n) is 5.30. The minimum Gasteiger partial charge on any atom is -0.349 e. The molecule has 1 N–H and O–H groups in total. The summed E-state index contributed by atoms with van der Waals surface area (Å²) >= 11 is 0. The summed E-state index contributed by atoms with van der Waals surface area (Å²) < 4.78 is 2.29. The third-order valence-electron chi connectivity index (χ3n) is 1.76. The standard InChI is InChI=1S/C7H10N2/c1-2-7-6-8-3-5-9(7)4-1/h1-2,4,8H,3,5-6H2. The number of rotatable bonds is 0. The number of nitrogens with one attached hydrogen (secondary N) is 1. The summed E-state index contributed by atoms with van der Waals surface area (Å²) in [6, 6.07) is 4.26. The second kappa shape index (κ2) is 1.88. The van der Waals surface area contributed by atoms with Crippen LogP contribution in [0.15, 0.2) is 18.3 Å². The second-order valence-electron chi connectivity index (χ2n) is 2.37. The van der Waals surface area contributed by atoms with Crippen LogP contribution in [0, 0.1) is 0 Å². The van der Waals surface area contributed by atoms with Crippen molar-refractivity contribution in [3.05, 3.63) is 24.0 Å². The van der Waals surface area contributed by atoms with Crippen molar-refractivity contribution in [2.75, 3.05) is 6.54 Å². The average Bonchev–Trinajstić information content (AvgIpc) is 2.33. The maximum Gasteiger partial charge on any atom is 0.0360 e. The van der Waals surface area contributed by atoms with Crippen molar-refractivity contribution >= 4 is 0 Å². The molecule has 2 nitrogen and oxygen atoms in total. The maximum absolute atomic E-state index is 3.31. The molecule has 2 rings (SSSR count). The van der Waals surface area contributed by atoms with Gasteiger partial charge in [-0.05, 0) is 12.1 Å². The van der Waals surface area contributed by atoms with Gasteiger partial charge in [0.2, 0.25) is 0 Å². The van der Waals surface area contributed by atoms with Crippen LogP contribution in [-0.4, -0.2) is 11.1 Å². The van der Waals surface area contributed by atoms with Crippen LogP contribution in [0.25, 0.3) is 0 Å². The molecule has 0 saturated heterocycles. The lowest BCUT2D eigenvalue weighted by molar-refractivity contribution is 0.517. The summed E-state index contributed by atoms with van der Waals surface area (Å²) in [6.07, 6.45) is 2.14. The van der Waals surface area contributed by atoms with Crippen LogP contribution in [0.2, 0.25) is 0 Å². The van der Waals surface area contributed by atoms with Gasteiger partial charge in [-0.2, -0.15) is 0 Å². The number of fused-ring (bicyclic) bond motifs is 1. The fraction of sp³-hybridized carbons (Fsp3) is 0.429. The van der Waals surface area contributed by atoms with E-state index in [-0.39, 0.29) is 0 Å². The Morgan fingerprint density at radius 2 is 2.56 bits per heavy atom. The summed E-state index contributed by atoms with van der Waals surface area (Å²) in [5.41, 5.74) is 1.40. The first-order valence-electron chi connectivity index (χ1n) is 3.31. The van der Waals surface area contributed by atoms with Gasteiger partial charge in [-0.3, -0.25) is 0 Å². The van der Waals surface area contributed by atoms with Crippen molar-refractivity contribution in [2.45, 2.75) is 13.1 Å². The fourth-order valence-electron chi connectivity index (χ4n) is 1.24. The monoisotopic (exact) mass is 122 g/mol. The highest BCUT2D eigenvalue weighted by Crippen LogP contribution is 2.04. The topological polar surface area (TPSA) is 17.0 Å². The van der Waals surface area contributed by atoms with Gasteiger partial charge in [0.25, 0.3) is 0 Å². The Balaban J connectivity index is 2.39. The zero-order chi connectivity index (χ0) is 6.10.